The third-order valence-electron chi connectivity index (χ3n) is 2.97. The van der Waals surface area contributed by atoms with Crippen molar-refractivity contribution in [1.29, 1.82) is 0 Å². The van der Waals surface area contributed by atoms with Gasteiger partial charge < -0.3 is 9.84 Å². The van der Waals surface area contributed by atoms with E-state index in [1.807, 2.05) is 0 Å². The summed E-state index contributed by atoms with van der Waals surface area (Å²) in [6.45, 7) is 1.70. The van der Waals surface area contributed by atoms with Gasteiger partial charge in [0.15, 0.2) is 0 Å². The second kappa shape index (κ2) is 4.65. The van der Waals surface area contributed by atoms with Gasteiger partial charge >= 0.3 is 6.18 Å². The Kier molecular flexibility index (Phi) is 3.34. The van der Waals surface area contributed by atoms with Crippen LogP contribution in [0.3, 0.4) is 0 Å². The molecule has 1 aromatic rings. The van der Waals surface area contributed by atoms with Crippen LogP contribution in [0.2, 0.25) is 0 Å². The third-order valence-corrected chi connectivity index (χ3v) is 2.97. The minimum absolute atomic E-state index is 0.0797. The molecular weight excluding hydrogens is 245 g/mol. The van der Waals surface area contributed by atoms with Crippen LogP contribution in [0, 0.1) is 5.92 Å². The molecule has 1 aliphatic rings. The topological polar surface area (TPSA) is 29.5 Å². The number of hydrogen-bond donors (Lipinski definition) is 1. The first-order valence-corrected chi connectivity index (χ1v) is 5.59. The van der Waals surface area contributed by atoms with Gasteiger partial charge in [-0.25, -0.2) is 0 Å². The van der Waals surface area contributed by atoms with Crippen molar-refractivity contribution in [2.24, 2.45) is 5.92 Å². The normalized spacial score (nSPS) is 23.7. The van der Waals surface area contributed by atoms with Gasteiger partial charge in [-0.3, -0.25) is 0 Å². The molecule has 0 amide bonds. The second-order valence-electron chi connectivity index (χ2n) is 4.28. The fraction of sp³-hybridized carbons (Fsp3) is 0.385. The zero-order chi connectivity index (χ0) is 13.3. The smallest absolute Gasteiger partial charge is 0.416 e. The summed E-state index contributed by atoms with van der Waals surface area (Å²) in [4.78, 5) is 0. The lowest BCUT2D eigenvalue weighted by Crippen LogP contribution is -2.15. The molecule has 1 aliphatic heterocycles. The first kappa shape index (κ1) is 13.0. The number of halogens is 3. The van der Waals surface area contributed by atoms with E-state index in [0.717, 1.165) is 12.1 Å². The molecule has 0 spiro atoms. The Labute approximate surface area is 103 Å². The van der Waals surface area contributed by atoms with E-state index < -0.39 is 11.7 Å². The fourth-order valence-corrected chi connectivity index (χ4v) is 1.87. The van der Waals surface area contributed by atoms with Gasteiger partial charge in [-0.1, -0.05) is 12.1 Å². The summed E-state index contributed by atoms with van der Waals surface area (Å²) < 4.78 is 43.2. The van der Waals surface area contributed by atoms with Gasteiger partial charge in [-0.15, -0.1) is 0 Å². The number of aliphatic hydroxyl groups is 1. The predicted octanol–water partition coefficient (Wildman–Crippen LogP) is 3.07. The van der Waals surface area contributed by atoms with Crippen molar-refractivity contribution in [2.75, 3.05) is 6.61 Å². The molecule has 1 aromatic carbocycles. The fourth-order valence-electron chi connectivity index (χ4n) is 1.87. The highest BCUT2D eigenvalue weighted by atomic mass is 19.4. The third kappa shape index (κ3) is 2.51. The zero-order valence-electron chi connectivity index (χ0n) is 9.74. The molecule has 2 unspecified atom stereocenters. The van der Waals surface area contributed by atoms with E-state index in [4.69, 9.17) is 9.84 Å². The molecule has 1 N–H and O–H groups in total. The summed E-state index contributed by atoms with van der Waals surface area (Å²) in [6.07, 6.45) is -2.92. The summed E-state index contributed by atoms with van der Waals surface area (Å²) in [5.41, 5.74) is -0.322. The average molecular weight is 258 g/mol. The van der Waals surface area contributed by atoms with Crippen molar-refractivity contribution in [3.05, 3.63) is 41.5 Å². The molecule has 0 saturated carbocycles. The number of ether oxygens (including phenoxy) is 1. The summed E-state index contributed by atoms with van der Waals surface area (Å²) >= 11 is 0. The summed E-state index contributed by atoms with van der Waals surface area (Å²) in [5, 5.41) is 9.08. The van der Waals surface area contributed by atoms with Crippen LogP contribution in [0.5, 0.6) is 0 Å². The molecule has 2 nitrogen and oxygen atoms in total. The van der Waals surface area contributed by atoms with Crippen LogP contribution in [0.15, 0.2) is 30.3 Å². The average Bonchev–Trinajstić information content (AvgIpc) is 2.70. The first-order chi connectivity index (χ1) is 8.41. The molecule has 0 aliphatic carbocycles. The maximum Gasteiger partial charge on any atom is 0.416 e. The van der Waals surface area contributed by atoms with Gasteiger partial charge in [-0.05, 0) is 25.1 Å². The Bertz CT molecular complexity index is 466. The lowest BCUT2D eigenvalue weighted by molar-refractivity contribution is -0.137. The van der Waals surface area contributed by atoms with E-state index in [1.54, 1.807) is 19.1 Å². The van der Waals surface area contributed by atoms with E-state index in [0.29, 0.717) is 11.3 Å². The summed E-state index contributed by atoms with van der Waals surface area (Å²) in [7, 11) is 0. The highest BCUT2D eigenvalue weighted by molar-refractivity contribution is 5.62. The molecule has 98 valence electrons. The predicted molar refractivity (Wildman–Crippen MR) is 60.5 cm³/mol. The van der Waals surface area contributed by atoms with Gasteiger partial charge in [-0.2, -0.15) is 13.2 Å². The van der Waals surface area contributed by atoms with E-state index in [2.05, 4.69) is 0 Å². The number of benzene rings is 1. The molecule has 0 fully saturated rings. The molecular formula is C13H13F3O2. The van der Waals surface area contributed by atoms with Crippen molar-refractivity contribution in [1.82, 2.24) is 0 Å². The quantitative estimate of drug-likeness (QED) is 0.883. The van der Waals surface area contributed by atoms with Crippen LogP contribution in [-0.2, 0) is 10.9 Å². The number of hydrogen-bond acceptors (Lipinski definition) is 2. The lowest BCUT2D eigenvalue weighted by atomic mass is 10.0. The number of aliphatic hydroxyl groups excluding tert-OH is 1. The maximum absolute atomic E-state index is 12.6. The van der Waals surface area contributed by atoms with Crippen molar-refractivity contribution in [2.45, 2.75) is 19.2 Å². The first-order valence-electron chi connectivity index (χ1n) is 5.59. The molecule has 2 rings (SSSR count). The van der Waals surface area contributed by atoms with E-state index in [-0.39, 0.29) is 18.6 Å². The Morgan fingerprint density at radius 3 is 2.61 bits per heavy atom. The lowest BCUT2D eigenvalue weighted by Gasteiger charge is -2.13. The van der Waals surface area contributed by atoms with Crippen LogP contribution in [0.25, 0.3) is 5.76 Å². The standard InChI is InChI=1S/C13H13F3O2/c1-8-10(7-17)6-12(18-8)9-3-2-4-11(5-9)13(14,15)16/h2-6,8,10,17H,7H2,1H3. The molecule has 0 radical (unpaired) electrons. The van der Waals surface area contributed by atoms with Gasteiger partial charge in [0, 0.05) is 11.5 Å². The van der Waals surface area contributed by atoms with Crippen molar-refractivity contribution in [3.63, 3.8) is 0 Å². The van der Waals surface area contributed by atoms with Gasteiger partial charge in [0.25, 0.3) is 0 Å². The highest BCUT2D eigenvalue weighted by Crippen LogP contribution is 2.34. The number of alkyl halides is 3. The minimum Gasteiger partial charge on any atom is -0.490 e. The van der Waals surface area contributed by atoms with Gasteiger partial charge in [0.05, 0.1) is 12.2 Å². The Hall–Kier alpha value is -1.49. The molecule has 2 atom stereocenters. The highest BCUT2D eigenvalue weighted by Gasteiger charge is 2.32. The minimum atomic E-state index is -4.36. The molecule has 18 heavy (non-hydrogen) atoms. The van der Waals surface area contributed by atoms with Crippen LogP contribution >= 0.6 is 0 Å². The summed E-state index contributed by atoms with van der Waals surface area (Å²) in [5.74, 6) is 0.224. The van der Waals surface area contributed by atoms with Crippen LogP contribution < -0.4 is 0 Å². The Morgan fingerprint density at radius 2 is 2.06 bits per heavy atom. The molecule has 1 heterocycles. The van der Waals surface area contributed by atoms with Crippen LogP contribution in [0.1, 0.15) is 18.1 Å². The van der Waals surface area contributed by atoms with E-state index in [1.165, 1.54) is 6.07 Å². The monoisotopic (exact) mass is 258 g/mol. The van der Waals surface area contributed by atoms with Crippen LogP contribution in [0.4, 0.5) is 13.2 Å². The van der Waals surface area contributed by atoms with Crippen LogP contribution in [-0.4, -0.2) is 17.8 Å². The zero-order valence-corrected chi connectivity index (χ0v) is 9.74. The molecule has 5 heteroatoms. The largest absolute Gasteiger partial charge is 0.490 e. The second-order valence-corrected chi connectivity index (χ2v) is 4.28. The molecule has 0 saturated heterocycles. The Balaban J connectivity index is 2.30. The Morgan fingerprint density at radius 1 is 1.33 bits per heavy atom. The van der Waals surface area contributed by atoms with Gasteiger partial charge in [0.2, 0.25) is 0 Å². The summed E-state index contributed by atoms with van der Waals surface area (Å²) in [6, 6.07) is 4.98. The SMILES string of the molecule is CC1OC(c2cccc(C(F)(F)F)c2)=CC1CO. The molecule has 0 aromatic heterocycles. The van der Waals surface area contributed by atoms with Gasteiger partial charge in [0.1, 0.15) is 11.9 Å². The number of rotatable bonds is 2. The van der Waals surface area contributed by atoms with Crippen molar-refractivity contribution in [3.8, 4) is 0 Å². The van der Waals surface area contributed by atoms with E-state index >= 15 is 0 Å². The maximum atomic E-state index is 12.6. The van der Waals surface area contributed by atoms with E-state index in [9.17, 15) is 13.2 Å². The van der Waals surface area contributed by atoms with Crippen molar-refractivity contribution < 1.29 is 23.0 Å². The van der Waals surface area contributed by atoms with Crippen molar-refractivity contribution >= 4 is 5.76 Å². The molecule has 0 bridgehead atoms.